The molecule has 1 aliphatic rings. The van der Waals surface area contributed by atoms with Crippen molar-refractivity contribution in [2.24, 2.45) is 0 Å². The highest BCUT2D eigenvalue weighted by molar-refractivity contribution is 6.36. The van der Waals surface area contributed by atoms with Gasteiger partial charge in [0.25, 0.3) is 0 Å². The van der Waals surface area contributed by atoms with Gasteiger partial charge in [-0.2, -0.15) is 0 Å². The van der Waals surface area contributed by atoms with Crippen molar-refractivity contribution < 1.29 is 4.74 Å². The molecule has 6 heteroatoms. The molecule has 3 aromatic rings. The highest BCUT2D eigenvalue weighted by Crippen LogP contribution is 2.30. The largest absolute Gasteiger partial charge is 0.497 e. The van der Waals surface area contributed by atoms with E-state index >= 15 is 0 Å². The van der Waals surface area contributed by atoms with Gasteiger partial charge in [0.15, 0.2) is 0 Å². The van der Waals surface area contributed by atoms with Crippen LogP contribution in [0.5, 0.6) is 5.75 Å². The molecular weight excluding hydrogens is 348 g/mol. The van der Waals surface area contributed by atoms with Gasteiger partial charge in [0.2, 0.25) is 0 Å². The van der Waals surface area contributed by atoms with Gasteiger partial charge in [0, 0.05) is 32.7 Å². The van der Waals surface area contributed by atoms with Gasteiger partial charge >= 0.3 is 0 Å². The first-order valence-corrected chi connectivity index (χ1v) is 9.12. The Bertz CT molecular complexity index is 887. The van der Waals surface area contributed by atoms with E-state index in [0.717, 1.165) is 55.2 Å². The Morgan fingerprint density at radius 3 is 2.50 bits per heavy atom. The van der Waals surface area contributed by atoms with Gasteiger partial charge < -0.3 is 9.64 Å². The maximum absolute atomic E-state index is 6.41. The molecule has 0 unspecified atom stereocenters. The Kier molecular flexibility index (Phi) is 4.91. The number of fused-ring (bicyclic) bond motifs is 1. The maximum Gasteiger partial charge on any atom is 0.141 e. The molecule has 1 aliphatic heterocycles. The number of nitrogens with zero attached hydrogens (tertiary/aromatic N) is 4. The molecule has 0 aliphatic carbocycles. The average molecular weight is 369 g/mol. The van der Waals surface area contributed by atoms with E-state index in [0.29, 0.717) is 5.02 Å². The van der Waals surface area contributed by atoms with Crippen molar-refractivity contribution >= 4 is 28.3 Å². The number of halogens is 1. The normalized spacial score (nSPS) is 15.4. The smallest absolute Gasteiger partial charge is 0.141 e. The van der Waals surface area contributed by atoms with Crippen LogP contribution in [0, 0.1) is 0 Å². The Morgan fingerprint density at radius 1 is 1.00 bits per heavy atom. The number of rotatable bonds is 4. The van der Waals surface area contributed by atoms with E-state index < -0.39 is 0 Å². The molecule has 2 aromatic carbocycles. The summed E-state index contributed by atoms with van der Waals surface area (Å²) in [6.45, 7) is 4.77. The number of benzene rings is 2. The molecule has 26 heavy (non-hydrogen) atoms. The second kappa shape index (κ2) is 7.48. The lowest BCUT2D eigenvalue weighted by molar-refractivity contribution is 0.249. The molecule has 0 amide bonds. The summed E-state index contributed by atoms with van der Waals surface area (Å²) in [6.07, 6.45) is 1.62. The number of methoxy groups -OCH3 is 1. The Balaban J connectivity index is 1.45. The van der Waals surface area contributed by atoms with E-state index in [9.17, 15) is 0 Å². The number of piperazine rings is 1. The Hall–Kier alpha value is -2.37. The van der Waals surface area contributed by atoms with Crippen LogP contribution in [0.2, 0.25) is 5.02 Å². The minimum Gasteiger partial charge on any atom is -0.497 e. The summed E-state index contributed by atoms with van der Waals surface area (Å²) in [5.41, 5.74) is 2.19. The molecule has 5 nitrogen and oxygen atoms in total. The molecule has 0 saturated carbocycles. The van der Waals surface area contributed by atoms with Crippen molar-refractivity contribution in [2.45, 2.75) is 6.54 Å². The van der Waals surface area contributed by atoms with Crippen LogP contribution in [0.4, 0.5) is 5.82 Å². The molecule has 134 valence electrons. The van der Waals surface area contributed by atoms with E-state index in [-0.39, 0.29) is 0 Å². The second-order valence-electron chi connectivity index (χ2n) is 6.44. The fraction of sp³-hybridized carbons (Fsp3) is 0.300. The van der Waals surface area contributed by atoms with Gasteiger partial charge in [0.05, 0.1) is 23.0 Å². The van der Waals surface area contributed by atoms with Gasteiger partial charge in [-0.05, 0) is 29.8 Å². The van der Waals surface area contributed by atoms with E-state index in [4.69, 9.17) is 16.3 Å². The summed E-state index contributed by atoms with van der Waals surface area (Å²) < 4.78 is 5.22. The lowest BCUT2D eigenvalue weighted by Crippen LogP contribution is -2.46. The van der Waals surface area contributed by atoms with E-state index in [1.807, 2.05) is 30.3 Å². The van der Waals surface area contributed by atoms with Gasteiger partial charge in [-0.15, -0.1) is 0 Å². The van der Waals surface area contributed by atoms with Crippen LogP contribution in [-0.2, 0) is 6.54 Å². The molecule has 1 saturated heterocycles. The van der Waals surface area contributed by atoms with Crippen LogP contribution in [-0.4, -0.2) is 48.2 Å². The molecule has 0 N–H and O–H groups in total. The van der Waals surface area contributed by atoms with Crippen LogP contribution < -0.4 is 9.64 Å². The first-order chi connectivity index (χ1) is 12.7. The van der Waals surface area contributed by atoms with Crippen LogP contribution in [0.3, 0.4) is 0 Å². The molecular formula is C20H21ClN4O. The molecule has 0 spiro atoms. The molecule has 2 heterocycles. The summed E-state index contributed by atoms with van der Waals surface area (Å²) in [5.74, 6) is 1.83. The fourth-order valence-corrected chi connectivity index (χ4v) is 3.65. The van der Waals surface area contributed by atoms with Gasteiger partial charge in [-0.1, -0.05) is 29.8 Å². The van der Waals surface area contributed by atoms with Gasteiger partial charge in [-0.3, -0.25) is 4.90 Å². The molecule has 1 aromatic heterocycles. The van der Waals surface area contributed by atoms with Crippen LogP contribution in [0.25, 0.3) is 10.9 Å². The average Bonchev–Trinajstić information content (AvgIpc) is 2.69. The monoisotopic (exact) mass is 368 g/mol. The van der Waals surface area contributed by atoms with E-state index in [2.05, 4.69) is 31.9 Å². The zero-order chi connectivity index (χ0) is 17.9. The van der Waals surface area contributed by atoms with E-state index in [1.165, 1.54) is 5.56 Å². The third-order valence-electron chi connectivity index (χ3n) is 4.83. The van der Waals surface area contributed by atoms with Crippen molar-refractivity contribution in [3.8, 4) is 5.75 Å². The zero-order valence-corrected chi connectivity index (χ0v) is 15.5. The molecule has 0 bridgehead atoms. The summed E-state index contributed by atoms with van der Waals surface area (Å²) in [4.78, 5) is 13.6. The summed E-state index contributed by atoms with van der Waals surface area (Å²) in [7, 11) is 1.69. The predicted molar refractivity (Wildman–Crippen MR) is 105 cm³/mol. The molecule has 4 rings (SSSR count). The van der Waals surface area contributed by atoms with Crippen molar-refractivity contribution in [3.63, 3.8) is 0 Å². The lowest BCUT2D eigenvalue weighted by atomic mass is 10.1. The fourth-order valence-electron chi connectivity index (χ4n) is 3.40. The maximum atomic E-state index is 6.41. The topological polar surface area (TPSA) is 41.5 Å². The molecule has 0 radical (unpaired) electrons. The predicted octanol–water partition coefficient (Wildman–Crippen LogP) is 3.61. The van der Waals surface area contributed by atoms with Gasteiger partial charge in [-0.25, -0.2) is 9.97 Å². The number of ether oxygens (including phenoxy) is 1. The second-order valence-corrected chi connectivity index (χ2v) is 6.85. The van der Waals surface area contributed by atoms with E-state index in [1.54, 1.807) is 13.4 Å². The SMILES string of the molecule is COc1ccc(CN2CCN(c3ncnc4cccc(Cl)c34)CC2)cc1. The lowest BCUT2D eigenvalue weighted by Gasteiger charge is -2.35. The van der Waals surface area contributed by atoms with Crippen molar-refractivity contribution in [1.82, 2.24) is 14.9 Å². The molecule has 1 fully saturated rings. The third kappa shape index (κ3) is 3.45. The van der Waals surface area contributed by atoms with Gasteiger partial charge in [0.1, 0.15) is 17.9 Å². The van der Waals surface area contributed by atoms with Crippen LogP contribution in [0.1, 0.15) is 5.56 Å². The minimum absolute atomic E-state index is 0.707. The van der Waals surface area contributed by atoms with Crippen LogP contribution in [0.15, 0.2) is 48.8 Å². The highest BCUT2D eigenvalue weighted by Gasteiger charge is 2.21. The summed E-state index contributed by atoms with van der Waals surface area (Å²) in [5, 5.41) is 1.65. The first-order valence-electron chi connectivity index (χ1n) is 8.74. The number of hydrogen-bond donors (Lipinski definition) is 0. The molecule has 0 atom stereocenters. The Morgan fingerprint density at radius 2 is 1.77 bits per heavy atom. The number of hydrogen-bond acceptors (Lipinski definition) is 5. The van der Waals surface area contributed by atoms with Crippen molar-refractivity contribution in [3.05, 3.63) is 59.4 Å². The number of anilines is 1. The first kappa shape index (κ1) is 17.1. The summed E-state index contributed by atoms with van der Waals surface area (Å²) in [6, 6.07) is 14.1. The Labute approximate surface area is 158 Å². The number of aromatic nitrogens is 2. The quantitative estimate of drug-likeness (QED) is 0.703. The van der Waals surface area contributed by atoms with Crippen molar-refractivity contribution in [2.75, 3.05) is 38.2 Å². The highest BCUT2D eigenvalue weighted by atomic mass is 35.5. The zero-order valence-electron chi connectivity index (χ0n) is 14.7. The third-order valence-corrected chi connectivity index (χ3v) is 5.14. The van der Waals surface area contributed by atoms with Crippen LogP contribution >= 0.6 is 11.6 Å². The van der Waals surface area contributed by atoms with Crippen molar-refractivity contribution in [1.29, 1.82) is 0 Å². The standard InChI is InChI=1S/C20H21ClN4O/c1-26-16-7-5-15(6-8-16)13-24-9-11-25(12-10-24)20-19-17(21)3-2-4-18(19)22-14-23-20/h2-8,14H,9-13H2,1H3. The summed E-state index contributed by atoms with van der Waals surface area (Å²) >= 11 is 6.41. The minimum atomic E-state index is 0.707.